The van der Waals surface area contributed by atoms with Crippen molar-refractivity contribution >= 4 is 17.6 Å². The molecule has 0 bridgehead atoms. The van der Waals surface area contributed by atoms with Crippen LogP contribution in [0.15, 0.2) is 18.2 Å². The van der Waals surface area contributed by atoms with E-state index in [2.05, 4.69) is 5.32 Å². The van der Waals surface area contributed by atoms with Crippen LogP contribution in [-0.4, -0.2) is 55.7 Å². The minimum atomic E-state index is -0.796. The number of hydrogen-bond acceptors (Lipinski definition) is 5. The first kappa shape index (κ1) is 17.1. The van der Waals surface area contributed by atoms with Crippen molar-refractivity contribution in [3.8, 4) is 11.5 Å². The van der Waals surface area contributed by atoms with Crippen molar-refractivity contribution in [3.63, 3.8) is 0 Å². The molecule has 0 aliphatic carbocycles. The van der Waals surface area contributed by atoms with E-state index >= 15 is 0 Å². The first-order valence-electron chi connectivity index (χ1n) is 7.50. The Bertz CT molecular complexity index is 576. The summed E-state index contributed by atoms with van der Waals surface area (Å²) < 4.78 is 10.3. The molecule has 1 heterocycles. The van der Waals surface area contributed by atoms with E-state index < -0.39 is 11.9 Å². The summed E-state index contributed by atoms with van der Waals surface area (Å²) in [6, 6.07) is 5.14. The summed E-state index contributed by atoms with van der Waals surface area (Å²) in [5, 5.41) is 11.9. The second kappa shape index (κ2) is 7.82. The van der Waals surface area contributed by atoms with Crippen LogP contribution < -0.4 is 14.8 Å². The van der Waals surface area contributed by atoms with Crippen LogP contribution in [0.3, 0.4) is 0 Å². The van der Waals surface area contributed by atoms with Crippen molar-refractivity contribution < 1.29 is 24.2 Å². The van der Waals surface area contributed by atoms with Gasteiger partial charge in [-0.3, -0.25) is 14.5 Å². The van der Waals surface area contributed by atoms with Crippen molar-refractivity contribution in [1.29, 1.82) is 0 Å². The molecule has 1 aromatic rings. The second-order valence-electron chi connectivity index (χ2n) is 5.53. The Kier molecular flexibility index (Phi) is 5.81. The van der Waals surface area contributed by atoms with Crippen molar-refractivity contribution in [2.24, 2.45) is 5.92 Å². The second-order valence-corrected chi connectivity index (χ2v) is 5.53. The van der Waals surface area contributed by atoms with Gasteiger partial charge < -0.3 is 19.9 Å². The third kappa shape index (κ3) is 4.59. The standard InChI is InChI=1S/C16H22N2O5/c1-22-13-6-5-12(8-14(13)23-2)17-15(19)10-18-7-3-4-11(9-18)16(20)21/h5-6,8,11H,3-4,7,9-10H2,1-2H3,(H,17,19)(H,20,21). The van der Waals surface area contributed by atoms with Gasteiger partial charge in [-0.15, -0.1) is 0 Å². The number of likely N-dealkylation sites (tertiary alicyclic amines) is 1. The molecule has 1 aromatic carbocycles. The number of carbonyl (C=O) groups is 2. The maximum atomic E-state index is 12.1. The van der Waals surface area contributed by atoms with E-state index in [0.29, 0.717) is 30.2 Å². The minimum absolute atomic E-state index is 0.178. The zero-order valence-corrected chi connectivity index (χ0v) is 13.4. The lowest BCUT2D eigenvalue weighted by Gasteiger charge is -2.29. The number of anilines is 1. The number of carboxylic acid groups (broad SMARTS) is 1. The zero-order chi connectivity index (χ0) is 16.8. The van der Waals surface area contributed by atoms with Gasteiger partial charge in [-0.25, -0.2) is 0 Å². The first-order chi connectivity index (χ1) is 11.0. The topological polar surface area (TPSA) is 88.1 Å². The molecule has 0 saturated carbocycles. The highest BCUT2D eigenvalue weighted by atomic mass is 16.5. The lowest BCUT2D eigenvalue weighted by Crippen LogP contribution is -2.42. The summed E-state index contributed by atoms with van der Waals surface area (Å²) in [5.74, 6) is -0.240. The Labute approximate surface area is 135 Å². The van der Waals surface area contributed by atoms with Gasteiger partial charge in [0.1, 0.15) is 0 Å². The van der Waals surface area contributed by atoms with Gasteiger partial charge in [-0.2, -0.15) is 0 Å². The highest BCUT2D eigenvalue weighted by Crippen LogP contribution is 2.29. The number of ether oxygens (including phenoxy) is 2. The average Bonchev–Trinajstić information content (AvgIpc) is 2.54. The van der Waals surface area contributed by atoms with Crippen molar-refractivity contribution in [3.05, 3.63) is 18.2 Å². The number of hydrogen-bond donors (Lipinski definition) is 2. The van der Waals surface area contributed by atoms with Crippen LogP contribution in [0.2, 0.25) is 0 Å². The fourth-order valence-electron chi connectivity index (χ4n) is 2.72. The molecular formula is C16H22N2O5. The third-order valence-corrected chi connectivity index (χ3v) is 3.89. The van der Waals surface area contributed by atoms with Gasteiger partial charge in [0.25, 0.3) is 0 Å². The van der Waals surface area contributed by atoms with E-state index in [0.717, 1.165) is 13.0 Å². The predicted octanol–water partition coefficient (Wildman–Crippen LogP) is 1.44. The van der Waals surface area contributed by atoms with E-state index in [9.17, 15) is 9.59 Å². The summed E-state index contributed by atoms with van der Waals surface area (Å²) in [7, 11) is 3.08. The molecule has 7 nitrogen and oxygen atoms in total. The molecule has 2 rings (SSSR count). The number of methoxy groups -OCH3 is 2. The number of rotatable bonds is 6. The molecule has 1 saturated heterocycles. The number of nitrogens with one attached hydrogen (secondary N) is 1. The Hall–Kier alpha value is -2.28. The largest absolute Gasteiger partial charge is 0.493 e. The van der Waals surface area contributed by atoms with Crippen LogP contribution in [0.4, 0.5) is 5.69 Å². The van der Waals surface area contributed by atoms with Gasteiger partial charge in [0.2, 0.25) is 5.91 Å². The fraction of sp³-hybridized carbons (Fsp3) is 0.500. The first-order valence-corrected chi connectivity index (χ1v) is 7.50. The Morgan fingerprint density at radius 1 is 1.30 bits per heavy atom. The smallest absolute Gasteiger partial charge is 0.307 e. The molecule has 7 heteroatoms. The number of carboxylic acids is 1. The van der Waals surface area contributed by atoms with Gasteiger partial charge in [0, 0.05) is 18.3 Å². The van der Waals surface area contributed by atoms with Crippen LogP contribution >= 0.6 is 0 Å². The maximum Gasteiger partial charge on any atom is 0.307 e. The highest BCUT2D eigenvalue weighted by molar-refractivity contribution is 5.92. The van der Waals surface area contributed by atoms with Gasteiger partial charge >= 0.3 is 5.97 Å². The molecule has 1 aliphatic rings. The maximum absolute atomic E-state index is 12.1. The Morgan fingerprint density at radius 3 is 2.70 bits per heavy atom. The number of piperidine rings is 1. The summed E-state index contributed by atoms with van der Waals surface area (Å²) in [4.78, 5) is 25.1. The van der Waals surface area contributed by atoms with Crippen LogP contribution in [0, 0.1) is 5.92 Å². The average molecular weight is 322 g/mol. The third-order valence-electron chi connectivity index (χ3n) is 3.89. The fourth-order valence-corrected chi connectivity index (χ4v) is 2.72. The molecule has 1 aliphatic heterocycles. The number of carbonyl (C=O) groups excluding carboxylic acids is 1. The van der Waals surface area contributed by atoms with Crippen LogP contribution in [0.25, 0.3) is 0 Å². The number of benzene rings is 1. The lowest BCUT2D eigenvalue weighted by atomic mass is 9.98. The molecule has 1 fully saturated rings. The Balaban J connectivity index is 1.93. The van der Waals surface area contributed by atoms with E-state index in [4.69, 9.17) is 14.6 Å². The van der Waals surface area contributed by atoms with E-state index in [1.54, 1.807) is 25.3 Å². The van der Waals surface area contributed by atoms with E-state index in [1.165, 1.54) is 7.11 Å². The van der Waals surface area contributed by atoms with Gasteiger partial charge in [-0.1, -0.05) is 0 Å². The van der Waals surface area contributed by atoms with E-state index in [1.807, 2.05) is 4.90 Å². The SMILES string of the molecule is COc1ccc(NC(=O)CN2CCCC(C(=O)O)C2)cc1OC. The molecule has 23 heavy (non-hydrogen) atoms. The molecule has 1 unspecified atom stereocenters. The molecule has 1 atom stereocenters. The molecule has 0 radical (unpaired) electrons. The summed E-state index contributed by atoms with van der Waals surface area (Å²) >= 11 is 0. The molecule has 0 spiro atoms. The summed E-state index contributed by atoms with van der Waals surface area (Å²) in [5.41, 5.74) is 0.611. The van der Waals surface area contributed by atoms with Gasteiger partial charge in [-0.05, 0) is 31.5 Å². The highest BCUT2D eigenvalue weighted by Gasteiger charge is 2.26. The predicted molar refractivity (Wildman–Crippen MR) is 85.0 cm³/mol. The monoisotopic (exact) mass is 322 g/mol. The lowest BCUT2D eigenvalue weighted by molar-refractivity contribution is -0.144. The summed E-state index contributed by atoms with van der Waals surface area (Å²) in [6.45, 7) is 1.33. The van der Waals surface area contributed by atoms with Crippen LogP contribution in [0.1, 0.15) is 12.8 Å². The number of aliphatic carboxylic acids is 1. The van der Waals surface area contributed by atoms with E-state index in [-0.39, 0.29) is 12.5 Å². The molecule has 0 aromatic heterocycles. The quantitative estimate of drug-likeness (QED) is 0.824. The normalized spacial score (nSPS) is 18.3. The summed E-state index contributed by atoms with van der Waals surface area (Å²) in [6.07, 6.45) is 1.46. The van der Waals surface area contributed by atoms with Crippen molar-refractivity contribution in [2.45, 2.75) is 12.8 Å². The molecule has 1 amide bonds. The van der Waals surface area contributed by atoms with Crippen molar-refractivity contribution in [1.82, 2.24) is 4.90 Å². The molecule has 126 valence electrons. The zero-order valence-electron chi connectivity index (χ0n) is 13.4. The van der Waals surface area contributed by atoms with Gasteiger partial charge in [0.15, 0.2) is 11.5 Å². The Morgan fingerprint density at radius 2 is 2.04 bits per heavy atom. The minimum Gasteiger partial charge on any atom is -0.493 e. The van der Waals surface area contributed by atoms with Crippen LogP contribution in [0.5, 0.6) is 11.5 Å². The number of amides is 1. The number of nitrogens with zero attached hydrogens (tertiary/aromatic N) is 1. The van der Waals surface area contributed by atoms with Crippen molar-refractivity contribution in [2.75, 3.05) is 39.2 Å². The molecular weight excluding hydrogens is 300 g/mol. The van der Waals surface area contributed by atoms with Gasteiger partial charge in [0.05, 0.1) is 26.7 Å². The molecule has 2 N–H and O–H groups in total. The van der Waals surface area contributed by atoms with Crippen LogP contribution in [-0.2, 0) is 9.59 Å².